The predicted molar refractivity (Wildman–Crippen MR) is 118 cm³/mol. The molecule has 30 heavy (non-hydrogen) atoms. The van der Waals surface area contributed by atoms with Gasteiger partial charge in [-0.2, -0.15) is 0 Å². The topological polar surface area (TPSA) is 60.0 Å². The molecule has 7 heteroatoms. The Kier molecular flexibility index (Phi) is 5.41. The van der Waals surface area contributed by atoms with E-state index >= 15 is 0 Å². The van der Waals surface area contributed by atoms with E-state index in [1.54, 1.807) is 17.3 Å². The lowest BCUT2D eigenvalue weighted by atomic mass is 9.57. The van der Waals surface area contributed by atoms with Crippen molar-refractivity contribution in [2.45, 2.75) is 43.7 Å². The number of nitrogens with zero attached hydrogens (tertiary/aromatic N) is 5. The van der Waals surface area contributed by atoms with Crippen LogP contribution in [-0.4, -0.2) is 50.0 Å². The van der Waals surface area contributed by atoms with Gasteiger partial charge in [-0.15, -0.1) is 10.2 Å². The van der Waals surface area contributed by atoms with E-state index in [1.165, 1.54) is 51.7 Å². The van der Waals surface area contributed by atoms with Crippen molar-refractivity contribution in [1.82, 2.24) is 24.6 Å². The fourth-order valence-electron chi connectivity index (χ4n) is 5.17. The molecule has 0 radical (unpaired) electrons. The van der Waals surface area contributed by atoms with Crippen LogP contribution in [0.3, 0.4) is 0 Å². The first kappa shape index (κ1) is 19.8. The van der Waals surface area contributed by atoms with Gasteiger partial charge in [0.1, 0.15) is 0 Å². The number of rotatable bonds is 7. The summed E-state index contributed by atoms with van der Waals surface area (Å²) in [6.07, 6.45) is 6.72. The molecule has 2 atom stereocenters. The third-order valence-corrected chi connectivity index (χ3v) is 8.08. The Morgan fingerprint density at radius 3 is 2.80 bits per heavy atom. The maximum Gasteiger partial charge on any atom is 0.202 e. The predicted octanol–water partition coefficient (Wildman–Crippen LogP) is 4.53. The zero-order valence-corrected chi connectivity index (χ0v) is 18.6. The molecular formula is C23H29N5OS. The summed E-state index contributed by atoms with van der Waals surface area (Å²) in [6, 6.07) is 11.1. The largest absolute Gasteiger partial charge is 0.440 e. The number of benzene rings is 1. The third kappa shape index (κ3) is 3.58. The highest BCUT2D eigenvalue weighted by molar-refractivity contribution is 7.99. The first-order valence-corrected chi connectivity index (χ1v) is 11.8. The monoisotopic (exact) mass is 423 g/mol. The van der Waals surface area contributed by atoms with Crippen LogP contribution in [0.1, 0.15) is 42.9 Å². The summed E-state index contributed by atoms with van der Waals surface area (Å²) in [6.45, 7) is 5.60. The molecule has 1 aliphatic carbocycles. The van der Waals surface area contributed by atoms with Crippen LogP contribution in [0.15, 0.2) is 46.3 Å². The Morgan fingerprint density at radius 1 is 1.20 bits per heavy atom. The molecule has 3 aromatic rings. The Labute approximate surface area is 182 Å². The number of aromatic nitrogens is 4. The highest BCUT2D eigenvalue weighted by Crippen LogP contribution is 2.57. The van der Waals surface area contributed by atoms with E-state index in [9.17, 15) is 0 Å². The maximum atomic E-state index is 5.46. The summed E-state index contributed by atoms with van der Waals surface area (Å²) in [7, 11) is 1.99. The normalized spacial score (nSPS) is 23.9. The first-order valence-electron chi connectivity index (χ1n) is 10.9. The minimum Gasteiger partial charge on any atom is -0.440 e. The molecule has 158 valence electrons. The van der Waals surface area contributed by atoms with Crippen LogP contribution in [0.25, 0.3) is 11.6 Å². The Balaban J connectivity index is 1.11. The van der Waals surface area contributed by atoms with Crippen LogP contribution in [-0.2, 0) is 7.05 Å². The second-order valence-electron chi connectivity index (χ2n) is 8.72. The van der Waals surface area contributed by atoms with Crippen LogP contribution in [0, 0.1) is 12.3 Å². The molecule has 2 aliphatic rings. The minimum absolute atomic E-state index is 0.530. The highest BCUT2D eigenvalue weighted by Gasteiger charge is 2.50. The van der Waals surface area contributed by atoms with Gasteiger partial charge < -0.3 is 13.9 Å². The molecule has 0 amide bonds. The Morgan fingerprint density at radius 2 is 2.07 bits per heavy atom. The minimum atomic E-state index is 0.530. The first-order chi connectivity index (χ1) is 14.7. The van der Waals surface area contributed by atoms with Crippen LogP contribution in [0.5, 0.6) is 0 Å². The van der Waals surface area contributed by atoms with Crippen molar-refractivity contribution in [3.63, 3.8) is 0 Å². The van der Waals surface area contributed by atoms with E-state index in [0.29, 0.717) is 11.2 Å². The lowest BCUT2D eigenvalue weighted by Crippen LogP contribution is -2.41. The van der Waals surface area contributed by atoms with Gasteiger partial charge in [-0.3, -0.25) is 0 Å². The van der Waals surface area contributed by atoms with E-state index in [4.69, 9.17) is 4.42 Å². The number of thioether (sulfide) groups is 1. The molecule has 6 nitrogen and oxygen atoms in total. The summed E-state index contributed by atoms with van der Waals surface area (Å²) in [5.74, 6) is 3.25. The summed E-state index contributed by atoms with van der Waals surface area (Å²) < 4.78 is 7.47. The SMILES string of the molecule is Cc1ncoc1-c1nnc(SCCCN2CC[C@@]3(CC[C@@H]3c3ccccc3)C2)n1C. The molecule has 1 aliphatic heterocycles. The summed E-state index contributed by atoms with van der Waals surface area (Å²) >= 11 is 1.77. The lowest BCUT2D eigenvalue weighted by molar-refractivity contribution is 0.0973. The smallest absolute Gasteiger partial charge is 0.202 e. The number of hydrogen-bond donors (Lipinski definition) is 0. The van der Waals surface area contributed by atoms with E-state index in [1.807, 2.05) is 18.5 Å². The summed E-state index contributed by atoms with van der Waals surface area (Å²) in [5, 5.41) is 9.58. The molecule has 1 spiro atoms. The molecule has 1 saturated heterocycles. The number of likely N-dealkylation sites (tertiary alicyclic amines) is 1. The molecule has 2 fully saturated rings. The average molecular weight is 424 g/mol. The zero-order valence-electron chi connectivity index (χ0n) is 17.8. The molecule has 0 N–H and O–H groups in total. The fraction of sp³-hybridized carbons (Fsp3) is 0.522. The molecule has 5 rings (SSSR count). The van der Waals surface area contributed by atoms with E-state index < -0.39 is 0 Å². The van der Waals surface area contributed by atoms with E-state index in [2.05, 4.69) is 50.4 Å². The van der Waals surface area contributed by atoms with Gasteiger partial charge in [0.15, 0.2) is 17.3 Å². The molecule has 0 unspecified atom stereocenters. The van der Waals surface area contributed by atoms with Gasteiger partial charge in [0.2, 0.25) is 5.82 Å². The van der Waals surface area contributed by atoms with Crippen LogP contribution in [0.4, 0.5) is 0 Å². The molecule has 0 bridgehead atoms. The fourth-order valence-corrected chi connectivity index (χ4v) is 6.01. The number of aryl methyl sites for hydroxylation is 1. The Bertz CT molecular complexity index is 1000. The van der Waals surface area contributed by atoms with E-state index in [0.717, 1.165) is 28.3 Å². The standard InChI is InChI=1S/C23H29N5OS/c1-17-20(29-16-24-17)21-25-26-22(27(21)2)30-14-6-12-28-13-11-23(15-28)10-9-19(23)18-7-4-3-5-8-18/h3-5,7-8,16,19H,6,9-15H2,1-2H3/t19-,23+/m1/s1. The second kappa shape index (κ2) is 8.19. The van der Waals surface area contributed by atoms with Crippen LogP contribution >= 0.6 is 11.8 Å². The molecule has 1 aromatic carbocycles. The van der Waals surface area contributed by atoms with Crippen molar-refractivity contribution >= 4 is 11.8 Å². The molecule has 2 aromatic heterocycles. The lowest BCUT2D eigenvalue weighted by Gasteiger charge is -2.48. The molecule has 3 heterocycles. The van der Waals surface area contributed by atoms with Gasteiger partial charge in [-0.05, 0) is 62.6 Å². The quantitative estimate of drug-likeness (QED) is 0.411. The average Bonchev–Trinajstić information content (AvgIpc) is 3.45. The molecular weight excluding hydrogens is 394 g/mol. The van der Waals surface area contributed by atoms with E-state index in [-0.39, 0.29) is 0 Å². The second-order valence-corrected chi connectivity index (χ2v) is 9.79. The van der Waals surface area contributed by atoms with Gasteiger partial charge in [-0.25, -0.2) is 4.98 Å². The van der Waals surface area contributed by atoms with Crippen molar-refractivity contribution < 1.29 is 4.42 Å². The van der Waals surface area contributed by atoms with Crippen molar-refractivity contribution in [1.29, 1.82) is 0 Å². The number of oxazole rings is 1. The van der Waals surface area contributed by atoms with Crippen molar-refractivity contribution in [3.05, 3.63) is 48.0 Å². The summed E-state index contributed by atoms with van der Waals surface area (Å²) in [4.78, 5) is 6.83. The third-order valence-electron chi connectivity index (χ3n) is 6.97. The van der Waals surface area contributed by atoms with Crippen molar-refractivity contribution in [3.8, 4) is 11.6 Å². The van der Waals surface area contributed by atoms with Crippen LogP contribution < -0.4 is 0 Å². The van der Waals surface area contributed by atoms with Crippen LogP contribution in [0.2, 0.25) is 0 Å². The zero-order chi connectivity index (χ0) is 20.6. The van der Waals surface area contributed by atoms with Crippen molar-refractivity contribution in [2.75, 3.05) is 25.4 Å². The van der Waals surface area contributed by atoms with Gasteiger partial charge in [0, 0.05) is 19.3 Å². The van der Waals surface area contributed by atoms with Gasteiger partial charge in [0.25, 0.3) is 0 Å². The maximum absolute atomic E-state index is 5.46. The van der Waals surface area contributed by atoms with Gasteiger partial charge >= 0.3 is 0 Å². The highest BCUT2D eigenvalue weighted by atomic mass is 32.2. The number of hydrogen-bond acceptors (Lipinski definition) is 6. The van der Waals surface area contributed by atoms with Crippen molar-refractivity contribution in [2.24, 2.45) is 12.5 Å². The van der Waals surface area contributed by atoms with Gasteiger partial charge in [0.05, 0.1) is 5.69 Å². The molecule has 1 saturated carbocycles. The Hall–Kier alpha value is -2.12. The summed E-state index contributed by atoms with van der Waals surface area (Å²) in [5.41, 5.74) is 2.91. The van der Waals surface area contributed by atoms with Gasteiger partial charge in [-0.1, -0.05) is 42.1 Å².